The van der Waals surface area contributed by atoms with E-state index in [9.17, 15) is 4.79 Å². The van der Waals surface area contributed by atoms with Gasteiger partial charge in [0, 0.05) is 28.7 Å². The van der Waals surface area contributed by atoms with Gasteiger partial charge in [0.1, 0.15) is 5.76 Å². The van der Waals surface area contributed by atoms with Crippen molar-refractivity contribution in [2.45, 2.75) is 45.1 Å². The zero-order chi connectivity index (χ0) is 19.8. The molecule has 2 atom stereocenters. The number of amides is 1. The monoisotopic (exact) mass is 391 g/mol. The summed E-state index contributed by atoms with van der Waals surface area (Å²) in [4.78, 5) is 18.9. The van der Waals surface area contributed by atoms with Crippen LogP contribution in [-0.2, 0) is 12.8 Å². The first-order chi connectivity index (χ1) is 14.2. The molecule has 0 bridgehead atoms. The van der Waals surface area contributed by atoms with Crippen LogP contribution in [0, 0.1) is 5.92 Å². The lowest BCUT2D eigenvalue weighted by molar-refractivity contribution is 0.0934. The zero-order valence-electron chi connectivity index (χ0n) is 17.0. The summed E-state index contributed by atoms with van der Waals surface area (Å²) in [6, 6.07) is 10.1. The molecule has 0 spiro atoms. The standard InChI is InChI=1S/C24H29N3O2/c1-16-6-8-20-18(13-16)19-14-17(7-9-21(19)26-20)24(28)25-15-22(23-5-4-12-29-23)27-10-2-3-11-27/h4-5,7,9,12,14,16,22,26H,2-3,6,8,10-11,13,15H2,1H3,(H,25,28). The number of likely N-dealkylation sites (tertiary alicyclic amines) is 1. The van der Waals surface area contributed by atoms with Gasteiger partial charge in [-0.25, -0.2) is 0 Å². The molecule has 1 aliphatic carbocycles. The van der Waals surface area contributed by atoms with Crippen molar-refractivity contribution in [2.75, 3.05) is 19.6 Å². The number of nitrogens with zero attached hydrogens (tertiary/aromatic N) is 1. The molecule has 1 fully saturated rings. The van der Waals surface area contributed by atoms with Crippen molar-refractivity contribution in [2.24, 2.45) is 5.92 Å². The number of hydrogen-bond donors (Lipinski definition) is 2. The van der Waals surface area contributed by atoms with Crippen LogP contribution in [0.1, 0.15) is 59.6 Å². The first-order valence-electron chi connectivity index (χ1n) is 10.9. The maximum absolute atomic E-state index is 13.0. The predicted molar refractivity (Wildman–Crippen MR) is 114 cm³/mol. The fourth-order valence-corrected chi connectivity index (χ4v) is 4.97. The summed E-state index contributed by atoms with van der Waals surface area (Å²) in [5.41, 5.74) is 4.63. The molecule has 5 nitrogen and oxygen atoms in total. The largest absolute Gasteiger partial charge is 0.468 e. The Morgan fingerprint density at radius 1 is 1.31 bits per heavy atom. The van der Waals surface area contributed by atoms with Crippen molar-refractivity contribution in [1.82, 2.24) is 15.2 Å². The van der Waals surface area contributed by atoms with E-state index in [1.165, 1.54) is 35.9 Å². The number of hydrogen-bond acceptors (Lipinski definition) is 3. The van der Waals surface area contributed by atoms with E-state index in [1.807, 2.05) is 18.2 Å². The minimum Gasteiger partial charge on any atom is -0.468 e. The van der Waals surface area contributed by atoms with Crippen LogP contribution < -0.4 is 5.32 Å². The normalized spacial score (nSPS) is 20.7. The summed E-state index contributed by atoms with van der Waals surface area (Å²) >= 11 is 0. The van der Waals surface area contributed by atoms with Gasteiger partial charge in [0.05, 0.1) is 12.3 Å². The molecule has 29 heavy (non-hydrogen) atoms. The van der Waals surface area contributed by atoms with Crippen LogP contribution in [0.3, 0.4) is 0 Å². The third-order valence-electron chi connectivity index (χ3n) is 6.61. The third kappa shape index (κ3) is 3.60. The molecule has 1 aliphatic heterocycles. The molecule has 0 radical (unpaired) electrons. The van der Waals surface area contributed by atoms with E-state index in [0.29, 0.717) is 12.5 Å². The number of nitrogens with one attached hydrogen (secondary N) is 2. The molecule has 5 rings (SSSR count). The Balaban J connectivity index is 1.35. The van der Waals surface area contributed by atoms with Gasteiger partial charge in [0.15, 0.2) is 0 Å². The molecule has 2 unspecified atom stereocenters. The number of furan rings is 1. The first kappa shape index (κ1) is 18.5. The molecule has 2 aromatic heterocycles. The fraction of sp³-hybridized carbons (Fsp3) is 0.458. The Morgan fingerprint density at radius 2 is 2.17 bits per heavy atom. The highest BCUT2D eigenvalue weighted by molar-refractivity contribution is 5.99. The van der Waals surface area contributed by atoms with Crippen molar-refractivity contribution in [1.29, 1.82) is 0 Å². The molecular weight excluding hydrogens is 362 g/mol. The molecule has 3 heterocycles. The number of carbonyl (C=O) groups excluding carboxylic acids is 1. The van der Waals surface area contributed by atoms with E-state index in [1.54, 1.807) is 6.26 Å². The third-order valence-corrected chi connectivity index (χ3v) is 6.61. The molecule has 1 amide bonds. The number of rotatable bonds is 5. The lowest BCUT2D eigenvalue weighted by atomic mass is 9.87. The molecule has 152 valence electrons. The van der Waals surface area contributed by atoms with Crippen molar-refractivity contribution in [3.05, 3.63) is 59.2 Å². The van der Waals surface area contributed by atoms with Gasteiger partial charge >= 0.3 is 0 Å². The Labute approximate surface area is 171 Å². The summed E-state index contributed by atoms with van der Waals surface area (Å²) in [6.45, 7) is 4.99. The molecule has 1 saturated heterocycles. The molecule has 0 saturated carbocycles. The summed E-state index contributed by atoms with van der Waals surface area (Å²) in [5, 5.41) is 4.37. The van der Waals surface area contributed by atoms with Crippen LogP contribution in [0.2, 0.25) is 0 Å². The first-order valence-corrected chi connectivity index (χ1v) is 10.9. The van der Waals surface area contributed by atoms with E-state index in [0.717, 1.165) is 42.8 Å². The summed E-state index contributed by atoms with van der Waals surface area (Å²) in [5.74, 6) is 1.62. The van der Waals surface area contributed by atoms with Gasteiger partial charge in [-0.15, -0.1) is 0 Å². The summed E-state index contributed by atoms with van der Waals surface area (Å²) in [6.07, 6.45) is 7.56. The Bertz CT molecular complexity index is 999. The molecule has 1 aromatic carbocycles. The van der Waals surface area contributed by atoms with Crippen LogP contribution in [0.25, 0.3) is 10.9 Å². The quantitative estimate of drug-likeness (QED) is 0.675. The van der Waals surface area contributed by atoms with E-state index < -0.39 is 0 Å². The average molecular weight is 392 g/mol. The highest BCUT2D eigenvalue weighted by atomic mass is 16.3. The maximum Gasteiger partial charge on any atom is 0.251 e. The minimum absolute atomic E-state index is 0.0125. The topological polar surface area (TPSA) is 61.3 Å². The SMILES string of the molecule is CC1CCc2[nH]c3ccc(C(=O)NCC(c4ccco4)N4CCCC4)cc3c2C1. The van der Waals surface area contributed by atoms with Gasteiger partial charge in [-0.1, -0.05) is 6.92 Å². The predicted octanol–water partition coefficient (Wildman–Crippen LogP) is 4.45. The van der Waals surface area contributed by atoms with Crippen LogP contribution in [0.15, 0.2) is 41.0 Å². The molecule has 3 aromatic rings. The van der Waals surface area contributed by atoms with Gasteiger partial charge in [-0.2, -0.15) is 0 Å². The number of aryl methyl sites for hydroxylation is 1. The Morgan fingerprint density at radius 3 is 2.97 bits per heavy atom. The number of aromatic nitrogens is 1. The number of aromatic amines is 1. The van der Waals surface area contributed by atoms with E-state index in [4.69, 9.17) is 4.42 Å². The minimum atomic E-state index is -0.0125. The smallest absolute Gasteiger partial charge is 0.251 e. The van der Waals surface area contributed by atoms with Gasteiger partial charge in [0.2, 0.25) is 0 Å². The Kier molecular flexibility index (Phi) is 4.92. The van der Waals surface area contributed by atoms with Gasteiger partial charge in [0.25, 0.3) is 5.91 Å². The number of fused-ring (bicyclic) bond motifs is 3. The lowest BCUT2D eigenvalue weighted by Crippen LogP contribution is -2.36. The van der Waals surface area contributed by atoms with Gasteiger partial charge in [-0.05, 0) is 87.0 Å². The lowest BCUT2D eigenvalue weighted by Gasteiger charge is -2.26. The van der Waals surface area contributed by atoms with Crippen molar-refractivity contribution < 1.29 is 9.21 Å². The van der Waals surface area contributed by atoms with Crippen molar-refractivity contribution >= 4 is 16.8 Å². The highest BCUT2D eigenvalue weighted by Gasteiger charge is 2.26. The fourth-order valence-electron chi connectivity index (χ4n) is 4.97. The van der Waals surface area contributed by atoms with Crippen LogP contribution >= 0.6 is 0 Å². The number of carbonyl (C=O) groups is 1. The van der Waals surface area contributed by atoms with Crippen LogP contribution in [0.5, 0.6) is 0 Å². The maximum atomic E-state index is 13.0. The average Bonchev–Trinajstić information content (AvgIpc) is 3.49. The summed E-state index contributed by atoms with van der Waals surface area (Å²) in [7, 11) is 0. The van der Waals surface area contributed by atoms with E-state index in [2.05, 4.69) is 34.3 Å². The second kappa shape index (κ2) is 7.71. The Hall–Kier alpha value is -2.53. The van der Waals surface area contributed by atoms with Gasteiger partial charge in [-0.3, -0.25) is 9.69 Å². The molecule has 2 N–H and O–H groups in total. The van der Waals surface area contributed by atoms with Crippen molar-refractivity contribution in [3.63, 3.8) is 0 Å². The van der Waals surface area contributed by atoms with Crippen molar-refractivity contribution in [3.8, 4) is 0 Å². The zero-order valence-corrected chi connectivity index (χ0v) is 17.0. The van der Waals surface area contributed by atoms with Gasteiger partial charge < -0.3 is 14.7 Å². The summed E-state index contributed by atoms with van der Waals surface area (Å²) < 4.78 is 5.67. The van der Waals surface area contributed by atoms with E-state index in [-0.39, 0.29) is 11.9 Å². The van der Waals surface area contributed by atoms with E-state index >= 15 is 0 Å². The highest BCUT2D eigenvalue weighted by Crippen LogP contribution is 2.32. The molecule has 5 heteroatoms. The molecule has 2 aliphatic rings. The number of H-pyrrole nitrogens is 1. The van der Waals surface area contributed by atoms with Crippen LogP contribution in [0.4, 0.5) is 0 Å². The number of benzene rings is 1. The second-order valence-corrected chi connectivity index (χ2v) is 8.67. The second-order valence-electron chi connectivity index (χ2n) is 8.67. The van der Waals surface area contributed by atoms with Crippen LogP contribution in [-0.4, -0.2) is 35.4 Å². The molecular formula is C24H29N3O2.